The Labute approximate surface area is 126 Å². The van der Waals surface area contributed by atoms with Crippen LogP contribution >= 0.6 is 11.6 Å². The first kappa shape index (κ1) is 15.3. The molecule has 20 heavy (non-hydrogen) atoms. The molecule has 1 aromatic carbocycles. The van der Waals surface area contributed by atoms with Crippen molar-refractivity contribution < 1.29 is 4.79 Å². The second kappa shape index (κ2) is 7.09. The molecule has 0 spiro atoms. The number of hydrogen-bond donors (Lipinski definition) is 2. The first-order valence-corrected chi connectivity index (χ1v) is 7.89. The van der Waals surface area contributed by atoms with Gasteiger partial charge >= 0.3 is 0 Å². The van der Waals surface area contributed by atoms with Gasteiger partial charge in [0.2, 0.25) is 5.91 Å². The molecule has 3 nitrogen and oxygen atoms in total. The van der Waals surface area contributed by atoms with Gasteiger partial charge in [0.15, 0.2) is 0 Å². The normalized spacial score (nSPS) is 15.1. The number of rotatable bonds is 7. The topological polar surface area (TPSA) is 41.1 Å². The van der Waals surface area contributed by atoms with Crippen LogP contribution in [0.5, 0.6) is 0 Å². The highest BCUT2D eigenvalue weighted by Gasteiger charge is 2.22. The lowest BCUT2D eigenvalue weighted by molar-refractivity contribution is -0.115. The number of hydrogen-bond acceptors (Lipinski definition) is 2. The van der Waals surface area contributed by atoms with E-state index in [4.69, 9.17) is 11.6 Å². The summed E-state index contributed by atoms with van der Waals surface area (Å²) in [5.74, 6) is 0.0554. The van der Waals surface area contributed by atoms with E-state index in [1.54, 1.807) is 0 Å². The summed E-state index contributed by atoms with van der Waals surface area (Å²) in [5, 5.41) is 7.17. The lowest BCUT2D eigenvalue weighted by Gasteiger charge is -2.21. The SMILES string of the molecule is CCCCC(NCCC)c1cc2c(cc1Cl)NC(=O)C2. The van der Waals surface area contributed by atoms with Gasteiger partial charge in [-0.05, 0) is 36.6 Å². The maximum Gasteiger partial charge on any atom is 0.228 e. The van der Waals surface area contributed by atoms with Gasteiger partial charge in [0.05, 0.1) is 6.42 Å². The van der Waals surface area contributed by atoms with Gasteiger partial charge < -0.3 is 10.6 Å². The molecule has 1 aliphatic rings. The van der Waals surface area contributed by atoms with Crippen LogP contribution in [0.25, 0.3) is 0 Å². The number of carbonyl (C=O) groups excluding carboxylic acids is 1. The van der Waals surface area contributed by atoms with E-state index in [0.717, 1.165) is 41.2 Å². The van der Waals surface area contributed by atoms with E-state index in [-0.39, 0.29) is 11.9 Å². The minimum atomic E-state index is 0.0554. The lowest BCUT2D eigenvalue weighted by atomic mass is 9.98. The van der Waals surface area contributed by atoms with Gasteiger partial charge in [-0.3, -0.25) is 4.79 Å². The maximum absolute atomic E-state index is 11.5. The van der Waals surface area contributed by atoms with Crippen molar-refractivity contribution in [2.45, 2.75) is 52.0 Å². The molecule has 1 unspecified atom stereocenters. The van der Waals surface area contributed by atoms with Crippen LogP contribution in [0.3, 0.4) is 0 Å². The first-order chi connectivity index (χ1) is 9.65. The highest BCUT2D eigenvalue weighted by Crippen LogP contribution is 2.34. The van der Waals surface area contributed by atoms with Gasteiger partial charge in [-0.25, -0.2) is 0 Å². The van der Waals surface area contributed by atoms with E-state index >= 15 is 0 Å². The van der Waals surface area contributed by atoms with E-state index in [2.05, 4.69) is 30.5 Å². The van der Waals surface area contributed by atoms with E-state index in [0.29, 0.717) is 6.42 Å². The fourth-order valence-electron chi connectivity index (χ4n) is 2.63. The molecule has 0 saturated heterocycles. The van der Waals surface area contributed by atoms with E-state index in [9.17, 15) is 4.79 Å². The lowest BCUT2D eigenvalue weighted by Crippen LogP contribution is -2.22. The summed E-state index contributed by atoms with van der Waals surface area (Å²) in [6.45, 7) is 5.35. The molecule has 0 aliphatic carbocycles. The van der Waals surface area contributed by atoms with Gasteiger partial charge in [0.1, 0.15) is 0 Å². The Morgan fingerprint density at radius 3 is 2.85 bits per heavy atom. The molecule has 2 N–H and O–H groups in total. The number of fused-ring (bicyclic) bond motifs is 1. The molecular weight excluding hydrogens is 272 g/mol. The molecule has 0 radical (unpaired) electrons. The van der Waals surface area contributed by atoms with Crippen molar-refractivity contribution in [2.75, 3.05) is 11.9 Å². The molecule has 1 heterocycles. The first-order valence-electron chi connectivity index (χ1n) is 7.51. The molecular formula is C16H23ClN2O. The van der Waals surface area contributed by atoms with Crippen molar-refractivity contribution in [1.29, 1.82) is 0 Å². The van der Waals surface area contributed by atoms with Crippen LogP contribution in [0.2, 0.25) is 5.02 Å². The second-order valence-electron chi connectivity index (χ2n) is 5.40. The Kier molecular flexibility index (Phi) is 5.44. The summed E-state index contributed by atoms with van der Waals surface area (Å²) in [5.41, 5.74) is 3.06. The monoisotopic (exact) mass is 294 g/mol. The molecule has 0 saturated carbocycles. The Morgan fingerprint density at radius 1 is 1.35 bits per heavy atom. The van der Waals surface area contributed by atoms with Crippen LogP contribution in [-0.4, -0.2) is 12.5 Å². The van der Waals surface area contributed by atoms with Crippen LogP contribution in [-0.2, 0) is 11.2 Å². The van der Waals surface area contributed by atoms with E-state index in [1.165, 1.54) is 12.8 Å². The quantitative estimate of drug-likeness (QED) is 0.796. The minimum Gasteiger partial charge on any atom is -0.325 e. The third-order valence-corrected chi connectivity index (χ3v) is 4.04. The molecule has 110 valence electrons. The summed E-state index contributed by atoms with van der Waals surface area (Å²) in [6, 6.07) is 4.27. The minimum absolute atomic E-state index is 0.0554. The number of unbranched alkanes of at least 4 members (excludes halogenated alkanes) is 1. The van der Waals surface area contributed by atoms with Crippen LogP contribution in [0, 0.1) is 0 Å². The Morgan fingerprint density at radius 2 is 2.15 bits per heavy atom. The van der Waals surface area contributed by atoms with Crippen molar-refractivity contribution in [2.24, 2.45) is 0 Å². The summed E-state index contributed by atoms with van der Waals surface area (Å²) in [4.78, 5) is 11.5. The predicted molar refractivity (Wildman–Crippen MR) is 84.3 cm³/mol. The summed E-state index contributed by atoms with van der Waals surface area (Å²) in [6.07, 6.45) is 4.99. The Hall–Kier alpha value is -1.06. The molecule has 1 atom stereocenters. The number of benzene rings is 1. The van der Waals surface area contributed by atoms with Crippen LogP contribution < -0.4 is 10.6 Å². The van der Waals surface area contributed by atoms with Crippen LogP contribution in [0.1, 0.15) is 56.7 Å². The number of halogens is 1. The van der Waals surface area contributed by atoms with Gasteiger partial charge in [0.25, 0.3) is 0 Å². The molecule has 1 aromatic rings. The Balaban J connectivity index is 2.23. The average Bonchev–Trinajstić information content (AvgIpc) is 2.77. The van der Waals surface area contributed by atoms with E-state index in [1.807, 2.05) is 6.07 Å². The zero-order valence-electron chi connectivity index (χ0n) is 12.3. The third-order valence-electron chi connectivity index (χ3n) is 3.71. The molecule has 1 amide bonds. The molecule has 0 fully saturated rings. The number of nitrogens with one attached hydrogen (secondary N) is 2. The number of anilines is 1. The zero-order chi connectivity index (χ0) is 14.5. The highest BCUT2D eigenvalue weighted by atomic mass is 35.5. The summed E-state index contributed by atoms with van der Waals surface area (Å²) >= 11 is 6.42. The molecule has 4 heteroatoms. The molecule has 1 aliphatic heterocycles. The Bertz CT molecular complexity index is 480. The highest BCUT2D eigenvalue weighted by molar-refractivity contribution is 6.32. The molecule has 0 bridgehead atoms. The third kappa shape index (κ3) is 3.53. The van der Waals surface area contributed by atoms with Gasteiger partial charge in [-0.2, -0.15) is 0 Å². The second-order valence-corrected chi connectivity index (χ2v) is 5.81. The molecule has 2 rings (SSSR count). The fraction of sp³-hybridized carbons (Fsp3) is 0.562. The number of carbonyl (C=O) groups is 1. The van der Waals surface area contributed by atoms with Gasteiger partial charge in [0, 0.05) is 16.8 Å². The fourth-order valence-corrected chi connectivity index (χ4v) is 2.92. The van der Waals surface area contributed by atoms with Crippen molar-refractivity contribution in [3.05, 3.63) is 28.3 Å². The molecule has 0 aromatic heterocycles. The van der Waals surface area contributed by atoms with Gasteiger partial charge in [-0.1, -0.05) is 44.4 Å². The van der Waals surface area contributed by atoms with Crippen LogP contribution in [0.4, 0.5) is 5.69 Å². The standard InChI is InChI=1S/C16H23ClN2O/c1-3-5-6-14(18-7-4-2)12-8-11-9-16(20)19-15(11)10-13(12)17/h8,10,14,18H,3-7,9H2,1-2H3,(H,19,20). The van der Waals surface area contributed by atoms with Crippen molar-refractivity contribution in [3.63, 3.8) is 0 Å². The number of amides is 1. The smallest absolute Gasteiger partial charge is 0.228 e. The van der Waals surface area contributed by atoms with Crippen molar-refractivity contribution in [3.8, 4) is 0 Å². The zero-order valence-corrected chi connectivity index (χ0v) is 13.0. The predicted octanol–water partition coefficient (Wildman–Crippen LogP) is 4.07. The van der Waals surface area contributed by atoms with E-state index < -0.39 is 0 Å². The van der Waals surface area contributed by atoms with Crippen molar-refractivity contribution in [1.82, 2.24) is 5.32 Å². The summed E-state index contributed by atoms with van der Waals surface area (Å²) in [7, 11) is 0. The maximum atomic E-state index is 11.5. The van der Waals surface area contributed by atoms with Gasteiger partial charge in [-0.15, -0.1) is 0 Å². The average molecular weight is 295 g/mol. The summed E-state index contributed by atoms with van der Waals surface area (Å²) < 4.78 is 0. The largest absolute Gasteiger partial charge is 0.325 e. The van der Waals surface area contributed by atoms with Crippen LogP contribution in [0.15, 0.2) is 12.1 Å². The van der Waals surface area contributed by atoms with Crippen molar-refractivity contribution >= 4 is 23.2 Å².